The largest absolute Gasteiger partial charge is 0.325 e. The fraction of sp³-hybridized carbons (Fsp3) is 0.524. The maximum absolute atomic E-state index is 13.2. The van der Waals surface area contributed by atoms with Gasteiger partial charge in [-0.25, -0.2) is 4.79 Å². The lowest BCUT2D eigenvalue weighted by molar-refractivity contribution is -0.141. The van der Waals surface area contributed by atoms with Crippen molar-refractivity contribution in [3.05, 3.63) is 35.9 Å². The van der Waals surface area contributed by atoms with Gasteiger partial charge >= 0.3 is 6.03 Å². The average Bonchev–Trinajstić information content (AvgIpc) is 2.99. The van der Waals surface area contributed by atoms with Crippen molar-refractivity contribution in [1.82, 2.24) is 15.1 Å². The number of carbonyl (C=O) groups excluding carboxylic acids is 3. The van der Waals surface area contributed by atoms with Gasteiger partial charge in [-0.3, -0.25) is 14.5 Å². The summed E-state index contributed by atoms with van der Waals surface area (Å²) < 4.78 is 0. The first-order valence-electron chi connectivity index (χ1n) is 9.78. The number of nitriles is 1. The summed E-state index contributed by atoms with van der Waals surface area (Å²) in [6, 6.07) is 10.8. The third-order valence-corrected chi connectivity index (χ3v) is 6.17. The Balaban J connectivity index is 1.81. The third-order valence-electron chi connectivity index (χ3n) is 6.17. The smallest absolute Gasteiger partial charge is 0.325 e. The number of nitrogens with one attached hydrogen (secondary N) is 1. The zero-order valence-electron chi connectivity index (χ0n) is 16.4. The highest BCUT2D eigenvalue weighted by Gasteiger charge is 2.52. The number of nitrogens with zero attached hydrogens (tertiary/aromatic N) is 3. The molecule has 2 aliphatic rings. The number of imide groups is 1. The molecule has 3 rings (SSSR count). The van der Waals surface area contributed by atoms with Crippen LogP contribution in [0.4, 0.5) is 4.79 Å². The van der Waals surface area contributed by atoms with E-state index in [-0.39, 0.29) is 6.54 Å². The number of amides is 4. The predicted octanol–water partition coefficient (Wildman–Crippen LogP) is 2.53. The van der Waals surface area contributed by atoms with Crippen LogP contribution in [-0.2, 0) is 15.1 Å². The van der Waals surface area contributed by atoms with Crippen molar-refractivity contribution in [1.29, 1.82) is 5.26 Å². The average molecular weight is 382 g/mol. The molecule has 0 bridgehead atoms. The van der Waals surface area contributed by atoms with Gasteiger partial charge < -0.3 is 10.2 Å². The second-order valence-electron chi connectivity index (χ2n) is 7.60. The maximum Gasteiger partial charge on any atom is 0.325 e. The molecule has 0 aromatic heterocycles. The zero-order chi connectivity index (χ0) is 20.4. The lowest BCUT2D eigenvalue weighted by Crippen LogP contribution is -2.53. The van der Waals surface area contributed by atoms with Gasteiger partial charge in [0.15, 0.2) is 0 Å². The molecule has 1 saturated heterocycles. The van der Waals surface area contributed by atoms with E-state index in [2.05, 4.69) is 11.4 Å². The van der Waals surface area contributed by atoms with E-state index < -0.39 is 28.9 Å². The summed E-state index contributed by atoms with van der Waals surface area (Å²) in [6.07, 6.45) is 4.45. The second-order valence-corrected chi connectivity index (χ2v) is 7.60. The van der Waals surface area contributed by atoms with E-state index in [9.17, 15) is 19.6 Å². The van der Waals surface area contributed by atoms with Crippen LogP contribution < -0.4 is 5.32 Å². The van der Waals surface area contributed by atoms with Crippen molar-refractivity contribution in [3.63, 3.8) is 0 Å². The molecule has 7 nitrogen and oxygen atoms in total. The fourth-order valence-corrected chi connectivity index (χ4v) is 4.27. The van der Waals surface area contributed by atoms with Crippen LogP contribution in [0.2, 0.25) is 0 Å². The Hall–Kier alpha value is -2.88. The highest BCUT2D eigenvalue weighted by Crippen LogP contribution is 2.34. The minimum absolute atomic E-state index is 0.362. The van der Waals surface area contributed by atoms with Crippen LogP contribution in [0, 0.1) is 11.3 Å². The Bertz CT molecular complexity index is 811. The molecule has 0 spiro atoms. The molecule has 1 aromatic carbocycles. The molecule has 0 unspecified atom stereocenters. The highest BCUT2D eigenvalue weighted by molar-refractivity contribution is 6.09. The lowest BCUT2D eigenvalue weighted by Gasteiger charge is -2.39. The Morgan fingerprint density at radius 1 is 1.21 bits per heavy atom. The standard InChI is InChI=1S/C21H26N4O3/c1-3-21(16-10-6-4-7-11-16)18(27)25(19(28)23-21)14-17(26)24(2)20(15-22)12-8-5-9-13-20/h4,6-7,10-11H,3,5,8-9,12-14H2,1-2H3,(H,23,28)/t21-/m0/s1. The van der Waals surface area contributed by atoms with Crippen molar-refractivity contribution in [2.24, 2.45) is 0 Å². The Kier molecular flexibility index (Phi) is 5.41. The van der Waals surface area contributed by atoms with Crippen molar-refractivity contribution in [2.45, 2.75) is 56.5 Å². The Labute approximate surface area is 165 Å². The summed E-state index contributed by atoms with van der Waals surface area (Å²) in [5.41, 5.74) is -1.31. The first-order valence-corrected chi connectivity index (χ1v) is 9.78. The summed E-state index contributed by atoms with van der Waals surface area (Å²) in [4.78, 5) is 41.0. The summed E-state index contributed by atoms with van der Waals surface area (Å²) in [6.45, 7) is 1.47. The van der Waals surface area contributed by atoms with Crippen LogP contribution in [0.15, 0.2) is 30.3 Å². The van der Waals surface area contributed by atoms with E-state index in [1.54, 1.807) is 19.2 Å². The molecule has 28 heavy (non-hydrogen) atoms. The van der Waals surface area contributed by atoms with E-state index in [1.165, 1.54) is 4.90 Å². The van der Waals surface area contributed by atoms with Crippen LogP contribution in [0.3, 0.4) is 0 Å². The molecule has 0 radical (unpaired) electrons. The molecule has 1 aliphatic carbocycles. The van der Waals surface area contributed by atoms with Gasteiger partial charge in [-0.15, -0.1) is 0 Å². The maximum atomic E-state index is 13.2. The Morgan fingerprint density at radius 3 is 2.43 bits per heavy atom. The minimum atomic E-state index is -1.16. The molecule has 7 heteroatoms. The minimum Gasteiger partial charge on any atom is -0.325 e. The van der Waals surface area contributed by atoms with Gasteiger partial charge in [0.1, 0.15) is 17.6 Å². The summed E-state index contributed by atoms with van der Waals surface area (Å²) in [7, 11) is 1.60. The van der Waals surface area contributed by atoms with E-state index in [0.717, 1.165) is 24.2 Å². The van der Waals surface area contributed by atoms with Crippen LogP contribution in [0.5, 0.6) is 0 Å². The SMILES string of the molecule is CC[C@@]1(c2ccccc2)NC(=O)N(CC(=O)N(C)C2(C#N)CCCCC2)C1=O. The quantitative estimate of drug-likeness (QED) is 0.792. The number of benzene rings is 1. The van der Waals surface area contributed by atoms with Crippen LogP contribution >= 0.6 is 0 Å². The second kappa shape index (κ2) is 7.63. The van der Waals surface area contributed by atoms with Crippen LogP contribution in [0.1, 0.15) is 51.0 Å². The molecule has 1 aliphatic heterocycles. The molecular weight excluding hydrogens is 356 g/mol. The van der Waals surface area contributed by atoms with Gasteiger partial charge in [0.25, 0.3) is 5.91 Å². The molecule has 1 aromatic rings. The molecule has 148 valence electrons. The van der Waals surface area contributed by atoms with E-state index in [1.807, 2.05) is 25.1 Å². The number of carbonyl (C=O) groups is 3. The predicted molar refractivity (Wildman–Crippen MR) is 103 cm³/mol. The lowest BCUT2D eigenvalue weighted by atomic mass is 9.81. The molecule has 1 N–H and O–H groups in total. The topological polar surface area (TPSA) is 93.5 Å². The van der Waals surface area contributed by atoms with Gasteiger partial charge in [-0.2, -0.15) is 5.26 Å². The van der Waals surface area contributed by atoms with E-state index in [4.69, 9.17) is 0 Å². The molecule has 1 saturated carbocycles. The van der Waals surface area contributed by atoms with Gasteiger partial charge in [0, 0.05) is 7.05 Å². The van der Waals surface area contributed by atoms with Crippen molar-refractivity contribution in [2.75, 3.05) is 13.6 Å². The summed E-state index contributed by atoms with van der Waals surface area (Å²) >= 11 is 0. The first kappa shape index (κ1) is 19.9. The Morgan fingerprint density at radius 2 is 1.86 bits per heavy atom. The van der Waals surface area contributed by atoms with Gasteiger partial charge in [-0.1, -0.05) is 56.5 Å². The molecule has 4 amide bonds. The van der Waals surface area contributed by atoms with E-state index in [0.29, 0.717) is 24.8 Å². The van der Waals surface area contributed by atoms with E-state index >= 15 is 0 Å². The number of hydrogen-bond acceptors (Lipinski definition) is 4. The summed E-state index contributed by atoms with van der Waals surface area (Å²) in [5.74, 6) is -0.825. The zero-order valence-corrected chi connectivity index (χ0v) is 16.4. The molecule has 1 atom stereocenters. The molecule has 1 heterocycles. The van der Waals surface area contributed by atoms with Crippen molar-refractivity contribution >= 4 is 17.8 Å². The van der Waals surface area contributed by atoms with Gasteiger partial charge in [-0.05, 0) is 24.8 Å². The number of rotatable bonds is 5. The number of urea groups is 1. The summed E-state index contributed by atoms with van der Waals surface area (Å²) in [5, 5.41) is 12.5. The van der Waals surface area contributed by atoms with Gasteiger partial charge in [0.2, 0.25) is 5.91 Å². The van der Waals surface area contributed by atoms with Crippen LogP contribution in [0.25, 0.3) is 0 Å². The number of likely N-dealkylation sites (N-methyl/N-ethyl adjacent to an activating group) is 1. The first-order chi connectivity index (χ1) is 13.4. The highest BCUT2D eigenvalue weighted by atomic mass is 16.2. The third kappa shape index (κ3) is 3.13. The molecule has 2 fully saturated rings. The van der Waals surface area contributed by atoms with Crippen molar-refractivity contribution in [3.8, 4) is 6.07 Å². The van der Waals surface area contributed by atoms with Crippen molar-refractivity contribution < 1.29 is 14.4 Å². The normalized spacial score (nSPS) is 23.8. The molecular formula is C21H26N4O3. The van der Waals surface area contributed by atoms with Gasteiger partial charge in [0.05, 0.1) is 6.07 Å². The van der Waals surface area contributed by atoms with Crippen LogP contribution in [-0.4, -0.2) is 46.8 Å². The number of hydrogen-bond donors (Lipinski definition) is 1. The monoisotopic (exact) mass is 382 g/mol. The fourth-order valence-electron chi connectivity index (χ4n) is 4.27.